The standard InChI is InChI=1S/C8H10N4O2S/c9-8(12-13)6-1-11-7(2-10-6)15-5-3-14-4-5/h1-2,5,13H,3-4H2,(H2,9,12). The summed E-state index contributed by atoms with van der Waals surface area (Å²) in [6, 6.07) is 0. The molecule has 1 fully saturated rings. The maximum Gasteiger partial charge on any atom is 0.190 e. The Morgan fingerprint density at radius 2 is 2.33 bits per heavy atom. The highest BCUT2D eigenvalue weighted by molar-refractivity contribution is 8.00. The van der Waals surface area contributed by atoms with Gasteiger partial charge in [-0.1, -0.05) is 16.9 Å². The molecule has 15 heavy (non-hydrogen) atoms. The van der Waals surface area contributed by atoms with Crippen LogP contribution in [0, 0.1) is 0 Å². The van der Waals surface area contributed by atoms with Gasteiger partial charge in [0.15, 0.2) is 5.84 Å². The second-order valence-electron chi connectivity index (χ2n) is 3.00. The lowest BCUT2D eigenvalue weighted by Crippen LogP contribution is -2.30. The third-order valence-electron chi connectivity index (χ3n) is 1.89. The minimum atomic E-state index is -0.0361. The van der Waals surface area contributed by atoms with E-state index in [1.807, 2.05) is 0 Å². The molecule has 2 rings (SSSR count). The van der Waals surface area contributed by atoms with E-state index in [2.05, 4.69) is 15.1 Å². The van der Waals surface area contributed by atoms with Crippen LogP contribution >= 0.6 is 11.8 Å². The molecule has 0 aliphatic carbocycles. The van der Waals surface area contributed by atoms with Gasteiger partial charge in [0, 0.05) is 0 Å². The lowest BCUT2D eigenvalue weighted by Gasteiger charge is -2.24. The number of oxime groups is 1. The highest BCUT2D eigenvalue weighted by atomic mass is 32.2. The second-order valence-corrected chi connectivity index (χ2v) is 4.32. The molecule has 0 spiro atoms. The molecule has 0 bridgehead atoms. The van der Waals surface area contributed by atoms with Gasteiger partial charge in [-0.2, -0.15) is 0 Å². The van der Waals surface area contributed by atoms with E-state index >= 15 is 0 Å². The monoisotopic (exact) mass is 226 g/mol. The van der Waals surface area contributed by atoms with Crippen molar-refractivity contribution < 1.29 is 9.94 Å². The van der Waals surface area contributed by atoms with Crippen LogP contribution in [-0.2, 0) is 4.74 Å². The first kappa shape index (κ1) is 10.2. The average Bonchev–Trinajstić information content (AvgIpc) is 2.23. The Kier molecular flexibility index (Phi) is 3.02. The van der Waals surface area contributed by atoms with Crippen molar-refractivity contribution in [3.8, 4) is 0 Å². The summed E-state index contributed by atoms with van der Waals surface area (Å²) in [4.78, 5) is 8.16. The number of rotatable bonds is 3. The van der Waals surface area contributed by atoms with Crippen LogP contribution in [0.25, 0.3) is 0 Å². The van der Waals surface area contributed by atoms with Gasteiger partial charge in [0.2, 0.25) is 0 Å². The molecule has 80 valence electrons. The summed E-state index contributed by atoms with van der Waals surface area (Å²) < 4.78 is 5.05. The van der Waals surface area contributed by atoms with Crippen LogP contribution in [0.5, 0.6) is 0 Å². The summed E-state index contributed by atoms with van der Waals surface area (Å²) in [6.07, 6.45) is 3.09. The number of hydrogen-bond donors (Lipinski definition) is 2. The number of nitrogens with two attached hydrogens (primary N) is 1. The fourth-order valence-corrected chi connectivity index (χ4v) is 1.91. The normalized spacial score (nSPS) is 17.5. The third kappa shape index (κ3) is 2.37. The van der Waals surface area contributed by atoms with Crippen LogP contribution in [0.3, 0.4) is 0 Å². The van der Waals surface area contributed by atoms with Gasteiger partial charge in [-0.25, -0.2) is 9.97 Å². The minimum absolute atomic E-state index is 0.0361. The van der Waals surface area contributed by atoms with E-state index < -0.39 is 0 Å². The van der Waals surface area contributed by atoms with Crippen molar-refractivity contribution in [3.05, 3.63) is 18.1 Å². The summed E-state index contributed by atoms with van der Waals surface area (Å²) in [6.45, 7) is 1.52. The Morgan fingerprint density at radius 3 is 2.80 bits per heavy atom. The molecule has 2 heterocycles. The molecule has 0 saturated carbocycles. The zero-order valence-electron chi connectivity index (χ0n) is 7.83. The van der Waals surface area contributed by atoms with E-state index in [0.29, 0.717) is 10.9 Å². The summed E-state index contributed by atoms with van der Waals surface area (Å²) >= 11 is 1.62. The summed E-state index contributed by atoms with van der Waals surface area (Å²) in [7, 11) is 0. The van der Waals surface area contributed by atoms with E-state index in [1.165, 1.54) is 6.20 Å². The summed E-state index contributed by atoms with van der Waals surface area (Å²) in [5.74, 6) is -0.0361. The molecule has 3 N–H and O–H groups in total. The van der Waals surface area contributed by atoms with E-state index in [9.17, 15) is 0 Å². The highest BCUT2D eigenvalue weighted by Crippen LogP contribution is 2.25. The molecule has 6 nitrogen and oxygen atoms in total. The number of amidine groups is 1. The highest BCUT2D eigenvalue weighted by Gasteiger charge is 2.20. The maximum absolute atomic E-state index is 8.42. The van der Waals surface area contributed by atoms with Gasteiger partial charge >= 0.3 is 0 Å². The molecule has 1 aliphatic heterocycles. The average molecular weight is 226 g/mol. The number of thioether (sulfide) groups is 1. The molecule has 0 radical (unpaired) electrons. The van der Waals surface area contributed by atoms with Crippen molar-refractivity contribution in [1.82, 2.24) is 9.97 Å². The largest absolute Gasteiger partial charge is 0.409 e. The smallest absolute Gasteiger partial charge is 0.190 e. The Balaban J connectivity index is 2.03. The van der Waals surface area contributed by atoms with E-state index in [1.54, 1.807) is 18.0 Å². The van der Waals surface area contributed by atoms with Crippen LogP contribution in [0.15, 0.2) is 22.6 Å². The van der Waals surface area contributed by atoms with E-state index in [0.717, 1.165) is 18.2 Å². The number of aromatic nitrogens is 2. The van der Waals surface area contributed by atoms with Crippen LogP contribution in [-0.4, -0.2) is 39.5 Å². The molecule has 1 aromatic rings. The lowest BCUT2D eigenvalue weighted by atomic mass is 10.4. The Hall–Kier alpha value is -1.34. The van der Waals surface area contributed by atoms with Crippen molar-refractivity contribution in [2.45, 2.75) is 10.3 Å². The molecule has 0 aromatic carbocycles. The molecule has 0 amide bonds. The molecule has 1 saturated heterocycles. The summed E-state index contributed by atoms with van der Waals surface area (Å²) in [5, 5.41) is 12.5. The molecule has 7 heteroatoms. The van der Waals surface area contributed by atoms with Crippen molar-refractivity contribution in [2.24, 2.45) is 10.9 Å². The topological polar surface area (TPSA) is 93.6 Å². The number of ether oxygens (including phenoxy) is 1. The van der Waals surface area contributed by atoms with Gasteiger partial charge in [0.1, 0.15) is 10.7 Å². The Morgan fingerprint density at radius 1 is 1.53 bits per heavy atom. The predicted octanol–water partition coefficient (Wildman–Crippen LogP) is 0.0620. The van der Waals surface area contributed by atoms with Gasteiger partial charge in [-0.05, 0) is 0 Å². The number of nitrogens with zero attached hydrogens (tertiary/aromatic N) is 3. The van der Waals surface area contributed by atoms with Crippen LogP contribution in [0.2, 0.25) is 0 Å². The molecular formula is C8H10N4O2S. The zero-order chi connectivity index (χ0) is 10.7. The summed E-state index contributed by atoms with van der Waals surface area (Å²) in [5.41, 5.74) is 5.72. The maximum atomic E-state index is 8.42. The molecule has 1 aliphatic rings. The van der Waals surface area contributed by atoms with Crippen molar-refractivity contribution in [2.75, 3.05) is 13.2 Å². The minimum Gasteiger partial charge on any atom is -0.409 e. The van der Waals surface area contributed by atoms with Gasteiger partial charge in [0.05, 0.1) is 30.9 Å². The van der Waals surface area contributed by atoms with Crippen LogP contribution < -0.4 is 5.73 Å². The van der Waals surface area contributed by atoms with Gasteiger partial charge in [0.25, 0.3) is 0 Å². The van der Waals surface area contributed by atoms with Crippen molar-refractivity contribution in [1.29, 1.82) is 0 Å². The zero-order valence-corrected chi connectivity index (χ0v) is 8.65. The molecule has 0 atom stereocenters. The third-order valence-corrected chi connectivity index (χ3v) is 2.95. The van der Waals surface area contributed by atoms with E-state index in [4.69, 9.17) is 15.7 Å². The first-order valence-corrected chi connectivity index (χ1v) is 5.22. The fraction of sp³-hybridized carbons (Fsp3) is 0.375. The Bertz CT molecular complexity index is 363. The lowest BCUT2D eigenvalue weighted by molar-refractivity contribution is 0.0454. The molecular weight excluding hydrogens is 216 g/mol. The quantitative estimate of drug-likeness (QED) is 0.327. The van der Waals surface area contributed by atoms with Crippen molar-refractivity contribution in [3.63, 3.8) is 0 Å². The van der Waals surface area contributed by atoms with Crippen molar-refractivity contribution >= 4 is 17.6 Å². The SMILES string of the molecule is NC(=NO)c1cnc(SC2COC2)cn1. The molecule has 1 aromatic heterocycles. The van der Waals surface area contributed by atoms with Gasteiger partial charge in [-0.3, -0.25) is 0 Å². The Labute approximate surface area is 90.5 Å². The van der Waals surface area contributed by atoms with E-state index in [-0.39, 0.29) is 5.84 Å². The van der Waals surface area contributed by atoms with Crippen LogP contribution in [0.4, 0.5) is 0 Å². The number of hydrogen-bond acceptors (Lipinski definition) is 6. The first-order valence-electron chi connectivity index (χ1n) is 4.34. The second kappa shape index (κ2) is 4.45. The van der Waals surface area contributed by atoms with Crippen LogP contribution in [0.1, 0.15) is 5.69 Å². The molecule has 0 unspecified atom stereocenters. The fourth-order valence-electron chi connectivity index (χ4n) is 1.01. The van der Waals surface area contributed by atoms with Gasteiger partial charge in [-0.15, -0.1) is 0 Å². The predicted molar refractivity (Wildman–Crippen MR) is 55.0 cm³/mol. The van der Waals surface area contributed by atoms with Gasteiger partial charge < -0.3 is 15.7 Å². The first-order chi connectivity index (χ1) is 7.29.